The van der Waals surface area contributed by atoms with Gasteiger partial charge in [0.2, 0.25) is 0 Å². The summed E-state index contributed by atoms with van der Waals surface area (Å²) in [6, 6.07) is 136. The summed E-state index contributed by atoms with van der Waals surface area (Å²) in [6.45, 7) is 0. The fourth-order valence-electron chi connectivity index (χ4n) is 18.5. The molecule has 0 spiro atoms. The van der Waals surface area contributed by atoms with Crippen molar-refractivity contribution in [2.24, 2.45) is 0 Å². The maximum atomic E-state index is 2.64. The first kappa shape index (κ1) is 62.3. The van der Waals surface area contributed by atoms with Gasteiger partial charge >= 0.3 is 0 Å². The molecule has 8 heterocycles. The van der Waals surface area contributed by atoms with Gasteiger partial charge in [-0.05, 0) is 214 Å². The van der Waals surface area contributed by atoms with E-state index in [0.29, 0.717) is 0 Å². The van der Waals surface area contributed by atoms with Gasteiger partial charge in [0.15, 0.2) is 0 Å². The molecule has 0 unspecified atom stereocenters. The van der Waals surface area contributed by atoms with E-state index in [1.54, 1.807) is 0 Å². The standard InChI is InChI=1S/C102H60N6S4/c1-5-21-69(22-6-1)103-81-33-17-13-29-73(81)77-53-61(37-45-85(77)103)65-41-49-89-93(57-65)109-99-97-101(111-94-58-66(42-50-90(94)107(89)97)62-38-46-86-78(54-62)74-30-14-18-34-82(74)104(86)70-23-7-2-8-24-70)102-98-100(99)110-95-59-67(63-39-47-87-79(55-63)75-31-15-19-35-83(75)105(87)71-25-9-3-10-26-71)43-51-91(95)108(98)92-52-44-68(60-96(92)112-102)64-40-48-88-80(56-64)76-32-16-20-36-84(76)106(88)72-27-11-4-12-28-72/h1-60H. The third kappa shape index (κ3) is 9.11. The average molecular weight is 1500 g/mol. The summed E-state index contributed by atoms with van der Waals surface area (Å²) in [5.41, 5.74) is 30.8. The maximum Gasteiger partial charge on any atom is 0.0838 e. The molecule has 0 aliphatic heterocycles. The van der Waals surface area contributed by atoms with E-state index in [4.69, 9.17) is 0 Å². The van der Waals surface area contributed by atoms with Crippen LogP contribution in [-0.2, 0) is 0 Å². The highest BCUT2D eigenvalue weighted by atomic mass is 32.1. The predicted molar refractivity (Wildman–Crippen MR) is 482 cm³/mol. The molecule has 25 rings (SSSR count). The van der Waals surface area contributed by atoms with E-state index in [1.165, 1.54) is 202 Å². The van der Waals surface area contributed by atoms with Crippen molar-refractivity contribution in [3.05, 3.63) is 364 Å². The molecule has 8 aromatic heterocycles. The molecule has 0 saturated heterocycles. The van der Waals surface area contributed by atoms with Crippen LogP contribution in [0.25, 0.3) is 225 Å². The topological polar surface area (TPSA) is 28.5 Å². The van der Waals surface area contributed by atoms with E-state index in [9.17, 15) is 0 Å². The van der Waals surface area contributed by atoms with Crippen molar-refractivity contribution in [2.75, 3.05) is 0 Å². The first-order valence-corrected chi connectivity index (χ1v) is 41.3. The normalized spacial score (nSPS) is 12.3. The Morgan fingerprint density at radius 1 is 0.152 bits per heavy atom. The van der Waals surface area contributed by atoms with Crippen molar-refractivity contribution >= 4 is 203 Å². The first-order chi connectivity index (χ1) is 55.5. The second kappa shape index (κ2) is 24.0. The summed E-state index contributed by atoms with van der Waals surface area (Å²) in [5, 5.41) is 9.90. The molecule has 0 atom stereocenters. The van der Waals surface area contributed by atoms with Crippen LogP contribution in [0.1, 0.15) is 0 Å². The van der Waals surface area contributed by atoms with E-state index >= 15 is 0 Å². The molecule has 0 bridgehead atoms. The zero-order valence-corrected chi connectivity index (χ0v) is 63.2. The highest BCUT2D eigenvalue weighted by molar-refractivity contribution is 7.36. The summed E-state index contributed by atoms with van der Waals surface area (Å²) in [6.07, 6.45) is 0. The van der Waals surface area contributed by atoms with Crippen LogP contribution in [0.2, 0.25) is 0 Å². The second-order valence-electron chi connectivity index (χ2n) is 29.5. The fourth-order valence-corrected chi connectivity index (χ4v) is 23.7. The van der Waals surface area contributed by atoms with Crippen LogP contribution in [0.3, 0.4) is 0 Å². The molecule has 522 valence electrons. The molecule has 0 fully saturated rings. The number of para-hydroxylation sites is 8. The molecular weight excluding hydrogens is 1440 g/mol. The Hall–Kier alpha value is -13.6. The molecule has 10 heteroatoms. The SMILES string of the molecule is c1ccc(-n2c3ccccc3c3cc(-c4ccc5c(c4)sc4c6sc7cc(-c8ccc9c(c8)c8ccccc8n9-c8ccccc8)ccc7n7c8ccc(-c9ccc%10c(c9)c9ccccc9n%10-c9ccccc9)cc8sc(c8sc9cc(-c%10ccc%11c(c%10)c%10ccccc%10n%11-c%10ccccc%10)ccc9n5c48)c67)ccc32)cc1. The van der Waals surface area contributed by atoms with Gasteiger partial charge in [0.1, 0.15) is 0 Å². The molecule has 6 nitrogen and oxygen atoms in total. The highest BCUT2D eigenvalue weighted by Crippen LogP contribution is 2.52. The van der Waals surface area contributed by atoms with Gasteiger partial charge in [0.25, 0.3) is 0 Å². The van der Waals surface area contributed by atoms with Crippen LogP contribution >= 0.6 is 45.3 Å². The number of hydrogen-bond donors (Lipinski definition) is 0. The van der Waals surface area contributed by atoms with Gasteiger partial charge in [0, 0.05) is 65.8 Å². The van der Waals surface area contributed by atoms with Gasteiger partial charge in [-0.15, -0.1) is 45.3 Å². The van der Waals surface area contributed by atoms with Gasteiger partial charge in [-0.25, -0.2) is 0 Å². The molecule has 112 heavy (non-hydrogen) atoms. The number of rotatable bonds is 8. The van der Waals surface area contributed by atoms with Crippen molar-refractivity contribution in [3.63, 3.8) is 0 Å². The van der Waals surface area contributed by atoms with Crippen LogP contribution in [-0.4, -0.2) is 27.1 Å². The lowest BCUT2D eigenvalue weighted by molar-refractivity contribution is 1.18. The predicted octanol–water partition coefficient (Wildman–Crippen LogP) is 29.5. The number of fused-ring (bicyclic) bond motifs is 22. The summed E-state index contributed by atoms with van der Waals surface area (Å²) in [4.78, 5) is 0. The quantitative estimate of drug-likeness (QED) is 0.107. The van der Waals surface area contributed by atoms with E-state index < -0.39 is 0 Å². The van der Waals surface area contributed by atoms with Crippen molar-refractivity contribution in [2.45, 2.75) is 0 Å². The van der Waals surface area contributed by atoms with Gasteiger partial charge in [-0.1, -0.05) is 194 Å². The Morgan fingerprint density at radius 3 is 0.571 bits per heavy atom. The van der Waals surface area contributed by atoms with Crippen LogP contribution in [0.15, 0.2) is 364 Å². The fraction of sp³-hybridized carbons (Fsp3) is 0. The minimum absolute atomic E-state index is 1.15. The molecule has 0 N–H and O–H groups in total. The Balaban J connectivity index is 0.762. The number of hydrogen-bond acceptors (Lipinski definition) is 4. The summed E-state index contributed by atoms with van der Waals surface area (Å²) >= 11 is 7.77. The summed E-state index contributed by atoms with van der Waals surface area (Å²) < 4.78 is 24.9. The van der Waals surface area contributed by atoms with Gasteiger partial charge in [-0.2, -0.15) is 0 Å². The third-order valence-electron chi connectivity index (χ3n) is 23.5. The Kier molecular flexibility index (Phi) is 13.3. The monoisotopic (exact) mass is 1500 g/mol. The van der Waals surface area contributed by atoms with Crippen LogP contribution < -0.4 is 0 Å². The lowest BCUT2D eigenvalue weighted by atomic mass is 10.0. The molecule has 0 aliphatic rings. The number of aromatic nitrogens is 6. The molecule has 0 amide bonds. The number of benzene rings is 17. The van der Waals surface area contributed by atoms with E-state index in [1.807, 2.05) is 45.3 Å². The van der Waals surface area contributed by atoms with Gasteiger partial charge in [-0.3, -0.25) is 0 Å². The third-order valence-corrected chi connectivity index (χ3v) is 28.3. The van der Waals surface area contributed by atoms with E-state index in [0.717, 1.165) is 22.7 Å². The molecule has 0 aliphatic carbocycles. The maximum absolute atomic E-state index is 2.64. The van der Waals surface area contributed by atoms with Crippen molar-refractivity contribution < 1.29 is 0 Å². The lowest BCUT2D eigenvalue weighted by Crippen LogP contribution is -1.99. The zero-order chi connectivity index (χ0) is 73.0. The minimum Gasteiger partial charge on any atom is -0.309 e. The minimum atomic E-state index is 1.15. The molecular formula is C102H60N6S4. The molecule has 25 aromatic rings. The van der Waals surface area contributed by atoms with Crippen molar-refractivity contribution in [3.8, 4) is 67.3 Å². The number of nitrogens with zero attached hydrogens (tertiary/aromatic N) is 6. The Labute approximate surface area is 656 Å². The zero-order valence-electron chi connectivity index (χ0n) is 60.0. The molecule has 0 radical (unpaired) electrons. The molecule has 0 saturated carbocycles. The largest absolute Gasteiger partial charge is 0.309 e. The van der Waals surface area contributed by atoms with E-state index in [-0.39, 0.29) is 0 Å². The summed E-state index contributed by atoms with van der Waals surface area (Å²) in [7, 11) is 0. The smallest absolute Gasteiger partial charge is 0.0838 e. The summed E-state index contributed by atoms with van der Waals surface area (Å²) in [5.74, 6) is 0. The first-order valence-electron chi connectivity index (χ1n) is 38.0. The van der Waals surface area contributed by atoms with Gasteiger partial charge < -0.3 is 27.1 Å². The lowest BCUT2D eigenvalue weighted by Gasteiger charge is -2.21. The Bertz CT molecular complexity index is 7400. The molecule has 17 aromatic carbocycles. The van der Waals surface area contributed by atoms with Crippen LogP contribution in [0, 0.1) is 0 Å². The van der Waals surface area contributed by atoms with E-state index in [2.05, 4.69) is 391 Å². The van der Waals surface area contributed by atoms with Crippen molar-refractivity contribution in [1.82, 2.24) is 27.1 Å². The van der Waals surface area contributed by atoms with Gasteiger partial charge in [0.05, 0.1) is 115 Å². The van der Waals surface area contributed by atoms with Crippen molar-refractivity contribution in [1.29, 1.82) is 0 Å². The highest BCUT2D eigenvalue weighted by Gasteiger charge is 2.26. The van der Waals surface area contributed by atoms with Crippen LogP contribution in [0.4, 0.5) is 0 Å². The average Bonchev–Trinajstić information content (AvgIpc) is 0.926. The second-order valence-corrected chi connectivity index (χ2v) is 33.7. The van der Waals surface area contributed by atoms with Crippen LogP contribution in [0.5, 0.6) is 0 Å². The Morgan fingerprint density at radius 2 is 0.339 bits per heavy atom.